The smallest absolute Gasteiger partial charge is 0.247 e. The van der Waals surface area contributed by atoms with E-state index in [2.05, 4.69) is 5.32 Å². The monoisotopic (exact) mass is 164 g/mol. The predicted octanol–water partition coefficient (Wildman–Crippen LogP) is 1.12. The van der Waals surface area contributed by atoms with Crippen molar-refractivity contribution in [2.24, 2.45) is 0 Å². The Bertz CT molecular complexity index is 250. The van der Waals surface area contributed by atoms with Crippen molar-refractivity contribution in [3.8, 4) is 6.07 Å². The Labute approximate surface area is 72.1 Å². The van der Waals surface area contributed by atoms with Gasteiger partial charge in [-0.1, -0.05) is 13.0 Å². The van der Waals surface area contributed by atoms with Gasteiger partial charge in [0.15, 0.2) is 0 Å². The van der Waals surface area contributed by atoms with Gasteiger partial charge in [0.25, 0.3) is 0 Å². The molecule has 1 aliphatic rings. The summed E-state index contributed by atoms with van der Waals surface area (Å²) in [6, 6.07) is 1.69. The summed E-state index contributed by atoms with van der Waals surface area (Å²) in [4.78, 5) is 11.2. The average molecular weight is 164 g/mol. The molecule has 0 aromatic rings. The number of amides is 1. The van der Waals surface area contributed by atoms with Crippen LogP contribution in [0.2, 0.25) is 0 Å². The molecule has 0 heterocycles. The molecule has 3 heteroatoms. The van der Waals surface area contributed by atoms with Crippen LogP contribution in [-0.4, -0.2) is 11.9 Å². The minimum atomic E-state index is -0.334. The molecule has 1 aliphatic carbocycles. The Morgan fingerprint density at radius 2 is 2.58 bits per heavy atom. The van der Waals surface area contributed by atoms with Crippen molar-refractivity contribution in [1.82, 2.24) is 5.32 Å². The minimum Gasteiger partial charge on any atom is -0.337 e. The summed E-state index contributed by atoms with van der Waals surface area (Å²) >= 11 is 0. The molecule has 0 fully saturated rings. The lowest BCUT2D eigenvalue weighted by Gasteiger charge is -2.15. The van der Waals surface area contributed by atoms with Crippen LogP contribution in [0.25, 0.3) is 0 Å². The molecule has 0 aliphatic heterocycles. The van der Waals surface area contributed by atoms with Crippen LogP contribution in [0.5, 0.6) is 0 Å². The molecular weight excluding hydrogens is 152 g/mol. The fraction of sp³-hybridized carbons (Fsp3) is 0.556. The zero-order chi connectivity index (χ0) is 8.97. The quantitative estimate of drug-likeness (QED) is 0.679. The molecule has 3 nitrogen and oxygen atoms in total. The lowest BCUT2D eigenvalue weighted by molar-refractivity contribution is -0.118. The van der Waals surface area contributed by atoms with Gasteiger partial charge in [-0.3, -0.25) is 4.79 Å². The molecule has 0 bridgehead atoms. The van der Waals surface area contributed by atoms with E-state index in [1.807, 2.05) is 19.1 Å². The lowest BCUT2D eigenvalue weighted by Crippen LogP contribution is -2.35. The van der Waals surface area contributed by atoms with E-state index in [4.69, 9.17) is 5.26 Å². The highest BCUT2D eigenvalue weighted by Gasteiger charge is 2.16. The van der Waals surface area contributed by atoms with E-state index in [9.17, 15) is 4.79 Å². The van der Waals surface area contributed by atoms with Crippen LogP contribution < -0.4 is 5.32 Å². The highest BCUT2D eigenvalue weighted by molar-refractivity contribution is 5.94. The maximum absolute atomic E-state index is 11.2. The van der Waals surface area contributed by atoms with Gasteiger partial charge in [0, 0.05) is 5.57 Å². The van der Waals surface area contributed by atoms with E-state index in [1.54, 1.807) is 0 Å². The van der Waals surface area contributed by atoms with Crippen molar-refractivity contribution >= 4 is 5.91 Å². The Hall–Kier alpha value is -1.30. The SMILES string of the molecule is CC[C@@H](C#N)NC(=O)C1=CCC1. The van der Waals surface area contributed by atoms with Gasteiger partial charge in [0.2, 0.25) is 5.91 Å². The van der Waals surface area contributed by atoms with Crippen molar-refractivity contribution in [2.45, 2.75) is 32.2 Å². The molecule has 1 amide bonds. The molecule has 0 unspecified atom stereocenters. The molecule has 0 radical (unpaired) electrons. The van der Waals surface area contributed by atoms with E-state index in [0.717, 1.165) is 18.4 Å². The molecule has 0 saturated carbocycles. The molecule has 1 rings (SSSR count). The van der Waals surface area contributed by atoms with Gasteiger partial charge in [-0.05, 0) is 19.3 Å². The number of nitriles is 1. The number of carbonyl (C=O) groups is 1. The highest BCUT2D eigenvalue weighted by atomic mass is 16.1. The number of rotatable bonds is 3. The molecule has 64 valence electrons. The molecular formula is C9H12N2O. The minimum absolute atomic E-state index is 0.0744. The normalized spacial score (nSPS) is 16.8. The fourth-order valence-corrected chi connectivity index (χ4v) is 0.971. The van der Waals surface area contributed by atoms with E-state index in [-0.39, 0.29) is 11.9 Å². The van der Waals surface area contributed by atoms with Gasteiger partial charge in [0.05, 0.1) is 6.07 Å². The Kier molecular flexibility index (Phi) is 2.87. The Morgan fingerprint density at radius 1 is 1.92 bits per heavy atom. The topological polar surface area (TPSA) is 52.9 Å². The van der Waals surface area contributed by atoms with Crippen LogP contribution in [-0.2, 0) is 4.79 Å². The maximum atomic E-state index is 11.2. The summed E-state index contributed by atoms with van der Waals surface area (Å²) < 4.78 is 0. The first-order valence-corrected chi connectivity index (χ1v) is 4.17. The van der Waals surface area contributed by atoms with Gasteiger partial charge >= 0.3 is 0 Å². The van der Waals surface area contributed by atoms with Crippen LogP contribution >= 0.6 is 0 Å². The van der Waals surface area contributed by atoms with Gasteiger partial charge in [0.1, 0.15) is 6.04 Å². The average Bonchev–Trinajstić information content (AvgIpc) is 1.96. The molecule has 12 heavy (non-hydrogen) atoms. The van der Waals surface area contributed by atoms with Gasteiger partial charge in [-0.15, -0.1) is 0 Å². The van der Waals surface area contributed by atoms with Crippen molar-refractivity contribution in [3.05, 3.63) is 11.6 Å². The molecule has 0 saturated heterocycles. The molecule has 1 atom stereocenters. The van der Waals surface area contributed by atoms with Crippen LogP contribution in [0, 0.1) is 11.3 Å². The first kappa shape index (κ1) is 8.79. The lowest BCUT2D eigenvalue weighted by atomic mass is 9.98. The van der Waals surface area contributed by atoms with E-state index in [0.29, 0.717) is 6.42 Å². The predicted molar refractivity (Wildman–Crippen MR) is 45.2 cm³/mol. The van der Waals surface area contributed by atoms with Crippen LogP contribution in [0.1, 0.15) is 26.2 Å². The number of allylic oxidation sites excluding steroid dienone is 1. The third kappa shape index (κ3) is 1.85. The van der Waals surface area contributed by atoms with Gasteiger partial charge in [-0.25, -0.2) is 0 Å². The van der Waals surface area contributed by atoms with Gasteiger partial charge < -0.3 is 5.32 Å². The zero-order valence-electron chi connectivity index (χ0n) is 7.13. The number of nitrogens with one attached hydrogen (secondary N) is 1. The Balaban J connectivity index is 2.40. The van der Waals surface area contributed by atoms with Crippen LogP contribution in [0.15, 0.2) is 11.6 Å². The number of hydrogen-bond donors (Lipinski definition) is 1. The summed E-state index contributed by atoms with van der Waals surface area (Å²) in [5.74, 6) is -0.0744. The van der Waals surface area contributed by atoms with Crippen LogP contribution in [0.4, 0.5) is 0 Å². The second-order valence-electron chi connectivity index (χ2n) is 2.83. The van der Waals surface area contributed by atoms with Crippen LogP contribution in [0.3, 0.4) is 0 Å². The molecule has 0 aromatic heterocycles. The first-order valence-electron chi connectivity index (χ1n) is 4.17. The second kappa shape index (κ2) is 3.91. The number of carbonyl (C=O) groups excluding carboxylic acids is 1. The molecule has 1 N–H and O–H groups in total. The second-order valence-corrected chi connectivity index (χ2v) is 2.83. The third-order valence-corrected chi connectivity index (χ3v) is 1.97. The summed E-state index contributed by atoms with van der Waals surface area (Å²) in [6.45, 7) is 1.88. The molecule has 0 aromatic carbocycles. The summed E-state index contributed by atoms with van der Waals surface area (Å²) in [5.41, 5.74) is 0.823. The Morgan fingerprint density at radius 3 is 2.92 bits per heavy atom. The van der Waals surface area contributed by atoms with Crippen molar-refractivity contribution < 1.29 is 4.79 Å². The van der Waals surface area contributed by atoms with Crippen molar-refractivity contribution in [3.63, 3.8) is 0 Å². The third-order valence-electron chi connectivity index (χ3n) is 1.97. The summed E-state index contributed by atoms with van der Waals surface area (Å²) in [6.07, 6.45) is 4.41. The van der Waals surface area contributed by atoms with E-state index < -0.39 is 0 Å². The zero-order valence-corrected chi connectivity index (χ0v) is 7.13. The standard InChI is InChI=1S/C9H12N2O/c1-2-8(6-10)11-9(12)7-4-3-5-7/h4,8H,2-3,5H2,1H3,(H,11,12)/t8-/m0/s1. The molecule has 0 spiro atoms. The van der Waals surface area contributed by atoms with E-state index >= 15 is 0 Å². The summed E-state index contributed by atoms with van der Waals surface area (Å²) in [7, 11) is 0. The first-order chi connectivity index (χ1) is 5.77. The summed E-state index contributed by atoms with van der Waals surface area (Å²) in [5, 5.41) is 11.2. The van der Waals surface area contributed by atoms with Crippen molar-refractivity contribution in [2.75, 3.05) is 0 Å². The number of hydrogen-bond acceptors (Lipinski definition) is 2. The van der Waals surface area contributed by atoms with E-state index in [1.165, 1.54) is 0 Å². The maximum Gasteiger partial charge on any atom is 0.247 e. The number of nitrogens with zero attached hydrogens (tertiary/aromatic N) is 1. The van der Waals surface area contributed by atoms with Gasteiger partial charge in [-0.2, -0.15) is 5.26 Å². The highest BCUT2D eigenvalue weighted by Crippen LogP contribution is 2.17. The van der Waals surface area contributed by atoms with Crippen molar-refractivity contribution in [1.29, 1.82) is 5.26 Å². The largest absolute Gasteiger partial charge is 0.337 e. The fourth-order valence-electron chi connectivity index (χ4n) is 0.971.